The average Bonchev–Trinajstić information content (AvgIpc) is 2.37. The molecule has 0 bridgehead atoms. The van der Waals surface area contributed by atoms with Crippen LogP contribution in [0.25, 0.3) is 0 Å². The SMILES string of the molecule is CCC(C)(NC(=O)c1cc(Cl)c(OC)c(Cl)c1)C(=O)O. The predicted molar refractivity (Wildman–Crippen MR) is 76.8 cm³/mol. The van der Waals surface area contributed by atoms with Gasteiger partial charge in [-0.3, -0.25) is 4.79 Å². The van der Waals surface area contributed by atoms with Crippen molar-refractivity contribution in [2.45, 2.75) is 25.8 Å². The fraction of sp³-hybridized carbons (Fsp3) is 0.385. The van der Waals surface area contributed by atoms with Crippen molar-refractivity contribution in [2.24, 2.45) is 0 Å². The van der Waals surface area contributed by atoms with Crippen molar-refractivity contribution in [2.75, 3.05) is 7.11 Å². The van der Waals surface area contributed by atoms with Crippen LogP contribution in [-0.2, 0) is 4.79 Å². The number of ether oxygens (including phenoxy) is 1. The lowest BCUT2D eigenvalue weighted by atomic mass is 9.98. The van der Waals surface area contributed by atoms with Gasteiger partial charge in [-0.05, 0) is 25.5 Å². The molecule has 0 radical (unpaired) electrons. The topological polar surface area (TPSA) is 75.6 Å². The maximum atomic E-state index is 12.1. The van der Waals surface area contributed by atoms with Crippen LogP contribution in [0.4, 0.5) is 0 Å². The number of carboxylic acid groups (broad SMARTS) is 1. The van der Waals surface area contributed by atoms with E-state index < -0.39 is 17.4 Å². The lowest BCUT2D eigenvalue weighted by Gasteiger charge is -2.24. The molecule has 7 heteroatoms. The zero-order valence-electron chi connectivity index (χ0n) is 11.3. The highest BCUT2D eigenvalue weighted by Crippen LogP contribution is 2.33. The molecule has 110 valence electrons. The first-order chi connectivity index (χ1) is 9.25. The number of hydrogen-bond acceptors (Lipinski definition) is 3. The molecule has 0 saturated heterocycles. The highest BCUT2D eigenvalue weighted by Gasteiger charge is 2.33. The third-order valence-corrected chi connectivity index (χ3v) is 3.59. The summed E-state index contributed by atoms with van der Waals surface area (Å²) in [5.41, 5.74) is -1.18. The van der Waals surface area contributed by atoms with E-state index in [9.17, 15) is 9.59 Å². The van der Waals surface area contributed by atoms with Gasteiger partial charge < -0.3 is 15.2 Å². The molecule has 0 aliphatic carbocycles. The van der Waals surface area contributed by atoms with Gasteiger partial charge in [-0.15, -0.1) is 0 Å². The van der Waals surface area contributed by atoms with Crippen LogP contribution in [0, 0.1) is 0 Å². The highest BCUT2D eigenvalue weighted by atomic mass is 35.5. The fourth-order valence-electron chi connectivity index (χ4n) is 1.50. The summed E-state index contributed by atoms with van der Waals surface area (Å²) in [6, 6.07) is 2.75. The first kappa shape index (κ1) is 16.6. The molecule has 2 N–H and O–H groups in total. The van der Waals surface area contributed by atoms with Gasteiger partial charge in [-0.1, -0.05) is 30.1 Å². The Bertz CT molecular complexity index is 524. The minimum atomic E-state index is -1.35. The van der Waals surface area contributed by atoms with Gasteiger partial charge >= 0.3 is 5.97 Å². The van der Waals surface area contributed by atoms with Gasteiger partial charge in [-0.25, -0.2) is 4.79 Å². The second-order valence-electron chi connectivity index (χ2n) is 4.42. The number of benzene rings is 1. The lowest BCUT2D eigenvalue weighted by molar-refractivity contribution is -0.143. The van der Waals surface area contributed by atoms with Gasteiger partial charge in [0, 0.05) is 5.56 Å². The van der Waals surface area contributed by atoms with E-state index in [2.05, 4.69) is 5.32 Å². The summed E-state index contributed by atoms with van der Waals surface area (Å²) in [6.45, 7) is 3.10. The van der Waals surface area contributed by atoms with E-state index in [1.807, 2.05) is 0 Å². The van der Waals surface area contributed by atoms with Crippen molar-refractivity contribution in [1.29, 1.82) is 0 Å². The normalized spacial score (nSPS) is 13.4. The number of carbonyl (C=O) groups excluding carboxylic acids is 1. The molecule has 1 amide bonds. The fourth-order valence-corrected chi connectivity index (χ4v) is 2.14. The molecule has 0 aliphatic rings. The van der Waals surface area contributed by atoms with Crippen LogP contribution in [0.15, 0.2) is 12.1 Å². The number of carboxylic acids is 1. The van der Waals surface area contributed by atoms with Crippen molar-refractivity contribution in [3.8, 4) is 5.75 Å². The van der Waals surface area contributed by atoms with Crippen LogP contribution in [0.5, 0.6) is 5.75 Å². The van der Waals surface area contributed by atoms with Gasteiger partial charge in [-0.2, -0.15) is 0 Å². The highest BCUT2D eigenvalue weighted by molar-refractivity contribution is 6.37. The molecule has 0 saturated carbocycles. The number of rotatable bonds is 5. The molecule has 0 spiro atoms. The molecule has 1 atom stereocenters. The van der Waals surface area contributed by atoms with Crippen LogP contribution in [0.2, 0.25) is 10.0 Å². The van der Waals surface area contributed by atoms with Crippen molar-refractivity contribution in [1.82, 2.24) is 5.32 Å². The first-order valence-corrected chi connectivity index (χ1v) is 6.59. The summed E-state index contributed by atoms with van der Waals surface area (Å²) in [4.78, 5) is 23.3. The van der Waals surface area contributed by atoms with Crippen molar-refractivity contribution < 1.29 is 19.4 Å². The van der Waals surface area contributed by atoms with Crippen LogP contribution in [0.3, 0.4) is 0 Å². The van der Waals surface area contributed by atoms with Crippen LogP contribution in [-0.4, -0.2) is 29.6 Å². The van der Waals surface area contributed by atoms with Gasteiger partial charge in [0.15, 0.2) is 5.75 Å². The molecule has 0 fully saturated rings. The maximum absolute atomic E-state index is 12.1. The number of halogens is 2. The molecular weight excluding hydrogens is 305 g/mol. The predicted octanol–water partition coefficient (Wildman–Crippen LogP) is 2.99. The van der Waals surface area contributed by atoms with E-state index in [-0.39, 0.29) is 27.8 Å². The van der Waals surface area contributed by atoms with Crippen molar-refractivity contribution in [3.63, 3.8) is 0 Å². The van der Waals surface area contributed by atoms with E-state index in [0.717, 1.165) is 0 Å². The summed E-state index contributed by atoms with van der Waals surface area (Å²) in [7, 11) is 1.41. The maximum Gasteiger partial charge on any atom is 0.329 e. The summed E-state index contributed by atoms with van der Waals surface area (Å²) in [6.07, 6.45) is 0.242. The number of hydrogen-bond donors (Lipinski definition) is 2. The van der Waals surface area contributed by atoms with Gasteiger partial charge in [0.05, 0.1) is 17.2 Å². The van der Waals surface area contributed by atoms with E-state index in [1.54, 1.807) is 6.92 Å². The molecule has 1 unspecified atom stereocenters. The molecule has 1 aromatic rings. The Hall–Kier alpha value is -1.46. The summed E-state index contributed by atoms with van der Waals surface area (Å²) in [5, 5.41) is 11.9. The minimum Gasteiger partial charge on any atom is -0.494 e. The van der Waals surface area contributed by atoms with Gasteiger partial charge in [0.2, 0.25) is 0 Å². The quantitative estimate of drug-likeness (QED) is 0.874. The Morgan fingerprint density at radius 2 is 1.85 bits per heavy atom. The van der Waals surface area contributed by atoms with Gasteiger partial charge in [0.25, 0.3) is 5.91 Å². The molecule has 20 heavy (non-hydrogen) atoms. The molecule has 1 aromatic carbocycles. The minimum absolute atomic E-state index is 0.168. The third-order valence-electron chi connectivity index (χ3n) is 3.03. The molecule has 5 nitrogen and oxygen atoms in total. The average molecular weight is 320 g/mol. The van der Waals surface area contributed by atoms with Crippen LogP contribution in [0.1, 0.15) is 30.6 Å². The lowest BCUT2D eigenvalue weighted by Crippen LogP contribution is -2.51. The molecular formula is C13H15Cl2NO4. The number of aliphatic carboxylic acids is 1. The molecule has 1 rings (SSSR count). The van der Waals surface area contributed by atoms with Crippen LogP contribution < -0.4 is 10.1 Å². The summed E-state index contributed by atoms with van der Waals surface area (Å²) < 4.78 is 4.98. The molecule has 0 aliphatic heterocycles. The second kappa shape index (κ2) is 6.33. The van der Waals surface area contributed by atoms with E-state index in [4.69, 9.17) is 33.0 Å². The Kier molecular flexibility index (Phi) is 5.25. The summed E-state index contributed by atoms with van der Waals surface area (Å²) >= 11 is 11.9. The number of nitrogens with one attached hydrogen (secondary N) is 1. The summed E-state index contributed by atoms with van der Waals surface area (Å²) in [5.74, 6) is -1.41. The van der Waals surface area contributed by atoms with E-state index >= 15 is 0 Å². The van der Waals surface area contributed by atoms with Crippen molar-refractivity contribution in [3.05, 3.63) is 27.7 Å². The molecule has 0 aromatic heterocycles. The third kappa shape index (κ3) is 3.35. The van der Waals surface area contributed by atoms with Crippen molar-refractivity contribution >= 4 is 35.1 Å². The molecule has 0 heterocycles. The Morgan fingerprint density at radius 3 is 2.20 bits per heavy atom. The van der Waals surface area contributed by atoms with Crippen LogP contribution >= 0.6 is 23.2 Å². The standard InChI is InChI=1S/C13H15Cl2NO4/c1-4-13(2,12(18)19)16-11(17)7-5-8(14)10(20-3)9(15)6-7/h5-6H,4H2,1-3H3,(H,16,17)(H,18,19). The van der Waals surface area contributed by atoms with Gasteiger partial charge in [0.1, 0.15) is 5.54 Å². The Balaban J connectivity index is 3.08. The number of carbonyl (C=O) groups is 2. The zero-order chi connectivity index (χ0) is 15.5. The smallest absolute Gasteiger partial charge is 0.329 e. The monoisotopic (exact) mass is 319 g/mol. The number of amides is 1. The Morgan fingerprint density at radius 1 is 1.35 bits per heavy atom. The zero-order valence-corrected chi connectivity index (χ0v) is 12.8. The second-order valence-corrected chi connectivity index (χ2v) is 5.23. The Labute approximate surface area is 126 Å². The van der Waals surface area contributed by atoms with E-state index in [1.165, 1.54) is 26.2 Å². The largest absolute Gasteiger partial charge is 0.494 e. The first-order valence-electron chi connectivity index (χ1n) is 5.84. The van der Waals surface area contributed by atoms with E-state index in [0.29, 0.717) is 0 Å². The number of methoxy groups -OCH3 is 1.